The molecule has 4 rings (SSSR count). The van der Waals surface area contributed by atoms with Gasteiger partial charge in [0.25, 0.3) is 0 Å². The number of hydrogen-bond donors (Lipinski definition) is 1. The number of nitriles is 1. The number of imidazole rings is 1. The minimum atomic E-state index is -0.355. The molecule has 0 radical (unpaired) electrons. The van der Waals surface area contributed by atoms with Crippen LogP contribution in [-0.4, -0.2) is 31.2 Å². The number of nitrogens with one attached hydrogen (secondary N) is 1. The van der Waals surface area contributed by atoms with E-state index in [-0.39, 0.29) is 30.0 Å². The van der Waals surface area contributed by atoms with Crippen LogP contribution in [0.3, 0.4) is 0 Å². The monoisotopic (exact) mass is 434 g/mol. The summed E-state index contributed by atoms with van der Waals surface area (Å²) in [4.78, 5) is 25.6. The van der Waals surface area contributed by atoms with Crippen LogP contribution in [0.4, 0.5) is 10.2 Å². The molecule has 0 bridgehead atoms. The van der Waals surface area contributed by atoms with Gasteiger partial charge in [0.05, 0.1) is 18.7 Å². The van der Waals surface area contributed by atoms with Crippen LogP contribution in [0.2, 0.25) is 0 Å². The lowest BCUT2D eigenvalue weighted by Crippen LogP contribution is -2.25. The van der Waals surface area contributed by atoms with Crippen molar-refractivity contribution in [2.45, 2.75) is 58.4 Å². The molecule has 3 atom stereocenters. The molecule has 0 aliphatic heterocycles. The molecule has 0 saturated heterocycles. The van der Waals surface area contributed by atoms with Gasteiger partial charge in [-0.15, -0.1) is 0 Å². The number of hydrogen-bond acceptors (Lipinski definition) is 6. The number of ketones is 1. The standard InChI is InChI=1S/C24H27FN6O/c1-15-4-3-5-19(10-17(15)11-20(32)8-9-26)29-23-16(2)12-28-24(30-23)21-13-27-22-7-6-18(25)14-31(21)22/h6-7,12-15,17,19H,3-5,8,10-11H2,1-2H3,(H,28,29,30). The van der Waals surface area contributed by atoms with Gasteiger partial charge < -0.3 is 5.32 Å². The van der Waals surface area contributed by atoms with E-state index in [1.807, 2.05) is 13.0 Å². The smallest absolute Gasteiger partial charge is 0.180 e. The van der Waals surface area contributed by atoms with Crippen molar-refractivity contribution in [1.29, 1.82) is 5.26 Å². The van der Waals surface area contributed by atoms with Gasteiger partial charge in [0.2, 0.25) is 0 Å². The molecule has 1 aliphatic rings. The van der Waals surface area contributed by atoms with Gasteiger partial charge in [0.1, 0.15) is 28.8 Å². The highest BCUT2D eigenvalue weighted by Gasteiger charge is 2.28. The Morgan fingerprint density at radius 2 is 2.16 bits per heavy atom. The van der Waals surface area contributed by atoms with Crippen molar-refractivity contribution in [3.8, 4) is 17.6 Å². The third-order valence-electron chi connectivity index (χ3n) is 6.38. The van der Waals surface area contributed by atoms with E-state index in [1.165, 1.54) is 12.3 Å². The van der Waals surface area contributed by atoms with Crippen molar-refractivity contribution >= 4 is 17.2 Å². The lowest BCUT2D eigenvalue weighted by Gasteiger charge is -2.25. The molecular weight excluding hydrogens is 407 g/mol. The predicted molar refractivity (Wildman–Crippen MR) is 119 cm³/mol. The topological polar surface area (TPSA) is 96.0 Å². The number of pyridine rings is 1. The van der Waals surface area contributed by atoms with Gasteiger partial charge >= 0.3 is 0 Å². The van der Waals surface area contributed by atoms with Crippen LogP contribution in [0.1, 0.15) is 51.0 Å². The van der Waals surface area contributed by atoms with E-state index in [2.05, 4.69) is 22.2 Å². The predicted octanol–water partition coefficient (Wildman–Crippen LogP) is 4.72. The van der Waals surface area contributed by atoms with E-state index in [0.29, 0.717) is 29.5 Å². The van der Waals surface area contributed by atoms with Crippen molar-refractivity contribution in [2.24, 2.45) is 11.8 Å². The van der Waals surface area contributed by atoms with E-state index in [9.17, 15) is 9.18 Å². The van der Waals surface area contributed by atoms with Crippen LogP contribution in [0.5, 0.6) is 0 Å². The van der Waals surface area contributed by atoms with Crippen LogP contribution >= 0.6 is 0 Å². The lowest BCUT2D eigenvalue weighted by atomic mass is 9.84. The Bertz CT molecular complexity index is 1170. The Kier molecular flexibility index (Phi) is 6.45. The highest BCUT2D eigenvalue weighted by Crippen LogP contribution is 2.33. The number of anilines is 1. The number of aryl methyl sites for hydroxylation is 1. The van der Waals surface area contributed by atoms with Crippen molar-refractivity contribution < 1.29 is 9.18 Å². The minimum Gasteiger partial charge on any atom is -0.367 e. The van der Waals surface area contributed by atoms with E-state index in [1.54, 1.807) is 22.9 Å². The molecule has 0 amide bonds. The summed E-state index contributed by atoms with van der Waals surface area (Å²) in [6, 6.07) is 5.14. The zero-order valence-corrected chi connectivity index (χ0v) is 18.4. The van der Waals surface area contributed by atoms with Gasteiger partial charge in [-0.05, 0) is 43.7 Å². The number of halogens is 1. The Morgan fingerprint density at radius 3 is 2.97 bits per heavy atom. The van der Waals surface area contributed by atoms with Gasteiger partial charge in [0, 0.05) is 30.4 Å². The maximum Gasteiger partial charge on any atom is 0.180 e. The molecule has 1 saturated carbocycles. The first-order valence-electron chi connectivity index (χ1n) is 11.1. The summed E-state index contributed by atoms with van der Waals surface area (Å²) in [7, 11) is 0. The van der Waals surface area contributed by atoms with Gasteiger partial charge in [-0.1, -0.05) is 19.8 Å². The second kappa shape index (κ2) is 9.43. The average molecular weight is 435 g/mol. The maximum atomic E-state index is 13.8. The SMILES string of the molecule is Cc1cnc(-c2cnc3ccc(F)cn23)nc1NC1CCCC(C)C(CC(=O)CC#N)C1. The highest BCUT2D eigenvalue weighted by atomic mass is 19.1. The maximum absolute atomic E-state index is 13.8. The second-order valence-electron chi connectivity index (χ2n) is 8.77. The molecule has 8 heteroatoms. The zero-order valence-electron chi connectivity index (χ0n) is 18.4. The molecule has 1 aliphatic carbocycles. The third-order valence-corrected chi connectivity index (χ3v) is 6.38. The Hall–Kier alpha value is -3.34. The summed E-state index contributed by atoms with van der Waals surface area (Å²) in [5, 5.41) is 12.4. The van der Waals surface area contributed by atoms with Crippen LogP contribution in [0.15, 0.2) is 30.7 Å². The van der Waals surface area contributed by atoms with E-state index in [4.69, 9.17) is 10.2 Å². The summed E-state index contributed by atoms with van der Waals surface area (Å²) < 4.78 is 15.4. The number of aromatic nitrogens is 4. The number of carbonyl (C=O) groups is 1. The number of carbonyl (C=O) groups excluding carboxylic acids is 1. The molecular formula is C24H27FN6O. The van der Waals surface area contributed by atoms with Crippen molar-refractivity contribution in [3.63, 3.8) is 0 Å². The van der Waals surface area contributed by atoms with E-state index >= 15 is 0 Å². The molecule has 3 unspecified atom stereocenters. The molecule has 0 aromatic carbocycles. The largest absolute Gasteiger partial charge is 0.367 e. The number of rotatable bonds is 6. The second-order valence-corrected chi connectivity index (χ2v) is 8.77. The first-order valence-corrected chi connectivity index (χ1v) is 11.1. The Labute approximate surface area is 186 Å². The van der Waals surface area contributed by atoms with Crippen LogP contribution in [0, 0.1) is 35.9 Å². The van der Waals surface area contributed by atoms with Crippen LogP contribution in [-0.2, 0) is 4.79 Å². The van der Waals surface area contributed by atoms with E-state index in [0.717, 1.165) is 37.1 Å². The fraction of sp³-hybridized carbons (Fsp3) is 0.458. The molecule has 7 nitrogen and oxygen atoms in total. The van der Waals surface area contributed by atoms with Crippen molar-refractivity contribution in [1.82, 2.24) is 19.4 Å². The molecule has 1 N–H and O–H groups in total. The van der Waals surface area contributed by atoms with Gasteiger partial charge in [0.15, 0.2) is 5.82 Å². The van der Waals surface area contributed by atoms with Crippen LogP contribution < -0.4 is 5.32 Å². The van der Waals surface area contributed by atoms with Gasteiger partial charge in [-0.3, -0.25) is 9.20 Å². The zero-order chi connectivity index (χ0) is 22.7. The molecule has 3 aromatic rings. The fourth-order valence-electron chi connectivity index (χ4n) is 4.53. The van der Waals surface area contributed by atoms with Crippen molar-refractivity contribution in [3.05, 3.63) is 42.1 Å². The van der Waals surface area contributed by atoms with Gasteiger partial charge in [-0.2, -0.15) is 5.26 Å². The molecule has 1 fully saturated rings. The number of Topliss-reactive ketones (excluding diaryl/α,β-unsaturated/α-hetero) is 1. The average Bonchev–Trinajstić information content (AvgIpc) is 3.09. The number of nitrogens with zero attached hydrogens (tertiary/aromatic N) is 5. The van der Waals surface area contributed by atoms with Crippen molar-refractivity contribution in [2.75, 3.05) is 5.32 Å². The normalized spacial score (nSPS) is 21.1. The molecule has 166 valence electrons. The summed E-state index contributed by atoms with van der Waals surface area (Å²) in [5.41, 5.74) is 2.17. The molecule has 0 spiro atoms. The van der Waals surface area contributed by atoms with Gasteiger partial charge in [-0.25, -0.2) is 19.3 Å². The van der Waals surface area contributed by atoms with Crippen LogP contribution in [0.25, 0.3) is 17.2 Å². The Morgan fingerprint density at radius 1 is 1.31 bits per heavy atom. The Balaban J connectivity index is 1.56. The highest BCUT2D eigenvalue weighted by molar-refractivity contribution is 5.80. The molecule has 3 aromatic heterocycles. The third kappa shape index (κ3) is 4.77. The quantitative estimate of drug-likeness (QED) is 0.564. The lowest BCUT2D eigenvalue weighted by molar-refractivity contribution is -0.119. The minimum absolute atomic E-state index is 0.0183. The first-order chi connectivity index (χ1) is 15.4. The molecule has 32 heavy (non-hydrogen) atoms. The fourth-order valence-corrected chi connectivity index (χ4v) is 4.53. The summed E-state index contributed by atoms with van der Waals surface area (Å²) in [6.07, 6.45) is 9.22. The van der Waals surface area contributed by atoms with E-state index < -0.39 is 0 Å². The summed E-state index contributed by atoms with van der Waals surface area (Å²) in [6.45, 7) is 4.15. The molecule has 3 heterocycles. The summed E-state index contributed by atoms with van der Waals surface area (Å²) >= 11 is 0. The first kappa shape index (κ1) is 21.9. The summed E-state index contributed by atoms with van der Waals surface area (Å²) in [5.74, 6) is 1.57. The number of fused-ring (bicyclic) bond motifs is 1.